The van der Waals surface area contributed by atoms with E-state index in [1.807, 2.05) is 32.0 Å². The molecule has 1 aromatic heterocycles. The van der Waals surface area contributed by atoms with Crippen LogP contribution in [0, 0.1) is 12.7 Å². The minimum Gasteiger partial charge on any atom is -0.489 e. The molecular weight excluding hydrogens is 319 g/mol. The second kappa shape index (κ2) is 9.61. The Hall–Kier alpha value is -2.63. The summed E-state index contributed by atoms with van der Waals surface area (Å²) in [7, 11) is 1.72. The lowest BCUT2D eigenvalue weighted by molar-refractivity contribution is 0.198. The zero-order valence-electron chi connectivity index (χ0n) is 14.9. The van der Waals surface area contributed by atoms with Crippen molar-refractivity contribution in [2.75, 3.05) is 13.6 Å². The van der Waals surface area contributed by atoms with E-state index in [9.17, 15) is 4.39 Å². The molecule has 25 heavy (non-hydrogen) atoms. The van der Waals surface area contributed by atoms with E-state index in [0.29, 0.717) is 24.8 Å². The first-order chi connectivity index (χ1) is 12.1. The van der Waals surface area contributed by atoms with Gasteiger partial charge in [-0.05, 0) is 37.6 Å². The third-order valence-corrected chi connectivity index (χ3v) is 3.66. The van der Waals surface area contributed by atoms with Crippen LogP contribution in [-0.4, -0.2) is 30.6 Å². The fourth-order valence-corrected chi connectivity index (χ4v) is 2.31. The number of halogens is 1. The highest BCUT2D eigenvalue weighted by molar-refractivity contribution is 5.79. The van der Waals surface area contributed by atoms with Crippen LogP contribution in [0.1, 0.15) is 24.7 Å². The molecule has 1 aromatic carbocycles. The van der Waals surface area contributed by atoms with Crippen LogP contribution in [0.2, 0.25) is 0 Å². The smallest absolute Gasteiger partial charge is 0.191 e. The van der Waals surface area contributed by atoms with Gasteiger partial charge in [0.15, 0.2) is 5.96 Å². The summed E-state index contributed by atoms with van der Waals surface area (Å²) >= 11 is 0. The molecule has 0 saturated heterocycles. The number of nitrogens with one attached hydrogen (secondary N) is 2. The van der Waals surface area contributed by atoms with Crippen LogP contribution in [-0.2, 0) is 6.54 Å². The van der Waals surface area contributed by atoms with Crippen LogP contribution in [0.4, 0.5) is 4.39 Å². The number of hydrogen-bond donors (Lipinski definition) is 2. The number of ether oxygens (including phenoxy) is 1. The Morgan fingerprint density at radius 3 is 2.72 bits per heavy atom. The number of rotatable bonds is 7. The summed E-state index contributed by atoms with van der Waals surface area (Å²) in [6, 6.07) is 12.1. The molecule has 0 bridgehead atoms. The van der Waals surface area contributed by atoms with Gasteiger partial charge in [-0.15, -0.1) is 0 Å². The first kappa shape index (κ1) is 18.7. The summed E-state index contributed by atoms with van der Waals surface area (Å²) in [5, 5.41) is 6.46. The number of aliphatic imine (C=N–C) groups is 1. The third kappa shape index (κ3) is 6.41. The van der Waals surface area contributed by atoms with E-state index in [1.165, 1.54) is 12.1 Å². The van der Waals surface area contributed by atoms with Crippen molar-refractivity contribution in [3.63, 3.8) is 0 Å². The molecule has 2 aromatic rings. The summed E-state index contributed by atoms with van der Waals surface area (Å²) in [5.41, 5.74) is 1.93. The molecule has 0 spiro atoms. The standard InChI is InChI=1S/C19H25FN4O/c1-4-17(25-18-10-6-8-15(20)11-18)13-23-19(21-3)22-12-16-9-5-7-14(2)24-16/h5-11,17H,4,12-13H2,1-3H3,(H2,21,22,23). The number of nitrogens with zero attached hydrogens (tertiary/aromatic N) is 2. The van der Waals surface area contributed by atoms with Crippen molar-refractivity contribution >= 4 is 5.96 Å². The summed E-state index contributed by atoms with van der Waals surface area (Å²) in [6.07, 6.45) is 0.706. The summed E-state index contributed by atoms with van der Waals surface area (Å²) in [4.78, 5) is 8.65. The second-order valence-electron chi connectivity index (χ2n) is 5.68. The lowest BCUT2D eigenvalue weighted by Gasteiger charge is -2.20. The van der Waals surface area contributed by atoms with Gasteiger partial charge in [0.1, 0.15) is 17.7 Å². The molecule has 5 nitrogen and oxygen atoms in total. The average molecular weight is 344 g/mol. The maximum absolute atomic E-state index is 13.2. The van der Waals surface area contributed by atoms with E-state index in [2.05, 4.69) is 20.6 Å². The molecule has 0 aliphatic heterocycles. The molecule has 1 unspecified atom stereocenters. The molecule has 2 rings (SSSR count). The zero-order chi connectivity index (χ0) is 18.1. The van der Waals surface area contributed by atoms with Crippen molar-refractivity contribution in [3.8, 4) is 5.75 Å². The Labute approximate surface area is 148 Å². The number of guanidine groups is 1. The largest absolute Gasteiger partial charge is 0.489 e. The van der Waals surface area contributed by atoms with E-state index in [4.69, 9.17) is 4.74 Å². The van der Waals surface area contributed by atoms with Crippen LogP contribution >= 0.6 is 0 Å². The van der Waals surface area contributed by atoms with Gasteiger partial charge in [0.2, 0.25) is 0 Å². The quantitative estimate of drug-likeness (QED) is 0.599. The predicted octanol–water partition coefficient (Wildman–Crippen LogP) is 3.05. The highest BCUT2D eigenvalue weighted by Gasteiger charge is 2.10. The maximum atomic E-state index is 13.2. The van der Waals surface area contributed by atoms with Gasteiger partial charge < -0.3 is 15.4 Å². The molecule has 0 amide bonds. The van der Waals surface area contributed by atoms with Gasteiger partial charge in [0.25, 0.3) is 0 Å². The van der Waals surface area contributed by atoms with Crippen LogP contribution in [0.5, 0.6) is 5.75 Å². The normalized spacial score (nSPS) is 12.6. The first-order valence-electron chi connectivity index (χ1n) is 8.40. The lowest BCUT2D eigenvalue weighted by Crippen LogP contribution is -2.42. The van der Waals surface area contributed by atoms with E-state index in [-0.39, 0.29) is 11.9 Å². The molecule has 0 radical (unpaired) electrons. The van der Waals surface area contributed by atoms with E-state index < -0.39 is 0 Å². The number of hydrogen-bond acceptors (Lipinski definition) is 3. The SMILES string of the molecule is CCC(CNC(=NC)NCc1cccc(C)n1)Oc1cccc(F)c1. The van der Waals surface area contributed by atoms with Crippen LogP contribution in [0.25, 0.3) is 0 Å². The van der Waals surface area contributed by atoms with Crippen molar-refractivity contribution in [2.24, 2.45) is 4.99 Å². The Morgan fingerprint density at radius 2 is 2.04 bits per heavy atom. The molecule has 1 atom stereocenters. The molecule has 0 aliphatic carbocycles. The van der Waals surface area contributed by atoms with Crippen molar-refractivity contribution in [3.05, 3.63) is 59.7 Å². The molecule has 0 aliphatic rings. The molecule has 134 valence electrons. The molecule has 0 fully saturated rings. The Morgan fingerprint density at radius 1 is 1.24 bits per heavy atom. The lowest BCUT2D eigenvalue weighted by atomic mass is 10.2. The van der Waals surface area contributed by atoms with Gasteiger partial charge in [-0.2, -0.15) is 0 Å². The van der Waals surface area contributed by atoms with Crippen LogP contribution in [0.15, 0.2) is 47.5 Å². The highest BCUT2D eigenvalue weighted by atomic mass is 19.1. The number of aryl methyl sites for hydroxylation is 1. The monoisotopic (exact) mass is 344 g/mol. The molecule has 6 heteroatoms. The van der Waals surface area contributed by atoms with Crippen LogP contribution < -0.4 is 15.4 Å². The van der Waals surface area contributed by atoms with Crippen molar-refractivity contribution < 1.29 is 9.13 Å². The Balaban J connectivity index is 1.83. The highest BCUT2D eigenvalue weighted by Crippen LogP contribution is 2.14. The maximum Gasteiger partial charge on any atom is 0.191 e. The summed E-state index contributed by atoms with van der Waals surface area (Å²) in [6.45, 7) is 5.14. The number of benzene rings is 1. The fraction of sp³-hybridized carbons (Fsp3) is 0.368. The van der Waals surface area contributed by atoms with Gasteiger partial charge >= 0.3 is 0 Å². The predicted molar refractivity (Wildman–Crippen MR) is 98.3 cm³/mol. The number of aromatic nitrogens is 1. The van der Waals surface area contributed by atoms with Gasteiger partial charge in [0.05, 0.1) is 18.8 Å². The Bertz CT molecular complexity index is 705. The third-order valence-electron chi connectivity index (χ3n) is 3.66. The van der Waals surface area contributed by atoms with E-state index >= 15 is 0 Å². The van der Waals surface area contributed by atoms with E-state index in [1.54, 1.807) is 19.2 Å². The van der Waals surface area contributed by atoms with Gasteiger partial charge in [-0.3, -0.25) is 9.98 Å². The zero-order valence-corrected chi connectivity index (χ0v) is 14.9. The van der Waals surface area contributed by atoms with Crippen LogP contribution in [0.3, 0.4) is 0 Å². The minimum absolute atomic E-state index is 0.0857. The summed E-state index contributed by atoms with van der Waals surface area (Å²) < 4.78 is 19.1. The first-order valence-corrected chi connectivity index (χ1v) is 8.40. The minimum atomic E-state index is -0.302. The fourth-order valence-electron chi connectivity index (χ4n) is 2.31. The number of pyridine rings is 1. The second-order valence-corrected chi connectivity index (χ2v) is 5.68. The molecule has 0 saturated carbocycles. The van der Waals surface area contributed by atoms with Crippen molar-refractivity contribution in [1.29, 1.82) is 0 Å². The van der Waals surface area contributed by atoms with E-state index in [0.717, 1.165) is 17.8 Å². The Kier molecular flexibility index (Phi) is 7.19. The average Bonchev–Trinajstić information content (AvgIpc) is 2.61. The van der Waals surface area contributed by atoms with Crippen molar-refractivity contribution in [2.45, 2.75) is 32.9 Å². The topological polar surface area (TPSA) is 58.5 Å². The van der Waals surface area contributed by atoms with Gasteiger partial charge in [0, 0.05) is 18.8 Å². The molecular formula is C19H25FN4O. The van der Waals surface area contributed by atoms with Crippen molar-refractivity contribution in [1.82, 2.24) is 15.6 Å². The van der Waals surface area contributed by atoms with Gasteiger partial charge in [-0.1, -0.05) is 19.1 Å². The summed E-state index contributed by atoms with van der Waals surface area (Å²) in [5.74, 6) is 0.897. The molecule has 2 N–H and O–H groups in total. The molecule has 1 heterocycles. The van der Waals surface area contributed by atoms with Gasteiger partial charge in [-0.25, -0.2) is 4.39 Å².